The number of aliphatic carboxylic acids is 1. The van der Waals surface area contributed by atoms with Crippen LogP contribution in [0.5, 0.6) is 5.75 Å². The SMILES string of the molecule is COc1ccc(C(F)(F)C(=O)O)cc1-c1ccc(CC(F)(F)F)cc1C=O. The van der Waals surface area contributed by atoms with E-state index in [9.17, 15) is 31.5 Å². The molecule has 0 bridgehead atoms. The lowest BCUT2D eigenvalue weighted by Crippen LogP contribution is -2.25. The minimum Gasteiger partial charge on any atom is -0.496 e. The van der Waals surface area contributed by atoms with Gasteiger partial charge in [-0.2, -0.15) is 22.0 Å². The molecule has 0 aliphatic heterocycles. The molecular weight excluding hydrogens is 375 g/mol. The fourth-order valence-electron chi connectivity index (χ4n) is 2.53. The fourth-order valence-corrected chi connectivity index (χ4v) is 2.53. The molecule has 0 saturated carbocycles. The van der Waals surface area contributed by atoms with Gasteiger partial charge in [-0.25, -0.2) is 4.79 Å². The lowest BCUT2D eigenvalue weighted by Gasteiger charge is -2.17. The first-order chi connectivity index (χ1) is 12.5. The van der Waals surface area contributed by atoms with E-state index < -0.39 is 30.1 Å². The van der Waals surface area contributed by atoms with Crippen molar-refractivity contribution in [3.63, 3.8) is 0 Å². The molecule has 0 radical (unpaired) electrons. The van der Waals surface area contributed by atoms with E-state index in [0.29, 0.717) is 0 Å². The van der Waals surface area contributed by atoms with Gasteiger partial charge >= 0.3 is 18.1 Å². The van der Waals surface area contributed by atoms with Crippen molar-refractivity contribution < 1.29 is 41.4 Å². The normalized spacial score (nSPS) is 11.9. The number of carbonyl (C=O) groups is 2. The third-order valence-electron chi connectivity index (χ3n) is 3.77. The van der Waals surface area contributed by atoms with Crippen LogP contribution in [0.25, 0.3) is 11.1 Å². The van der Waals surface area contributed by atoms with Crippen molar-refractivity contribution in [1.82, 2.24) is 0 Å². The molecule has 27 heavy (non-hydrogen) atoms. The summed E-state index contributed by atoms with van der Waals surface area (Å²) in [4.78, 5) is 22.1. The van der Waals surface area contributed by atoms with Crippen LogP contribution in [0, 0.1) is 0 Å². The molecule has 0 spiro atoms. The van der Waals surface area contributed by atoms with E-state index in [4.69, 9.17) is 9.84 Å². The van der Waals surface area contributed by atoms with E-state index in [1.165, 1.54) is 13.2 Å². The van der Waals surface area contributed by atoms with Crippen LogP contribution in [0.15, 0.2) is 36.4 Å². The second-order valence-electron chi connectivity index (χ2n) is 5.63. The third kappa shape index (κ3) is 4.42. The minimum atomic E-state index is -4.48. The van der Waals surface area contributed by atoms with E-state index in [-0.39, 0.29) is 34.3 Å². The van der Waals surface area contributed by atoms with Gasteiger partial charge in [-0.15, -0.1) is 0 Å². The van der Waals surface area contributed by atoms with Crippen LogP contribution in [0.4, 0.5) is 22.0 Å². The van der Waals surface area contributed by atoms with Gasteiger partial charge in [0.05, 0.1) is 13.5 Å². The van der Waals surface area contributed by atoms with Crippen LogP contribution in [-0.2, 0) is 17.1 Å². The number of halogens is 5. The highest BCUT2D eigenvalue weighted by molar-refractivity contribution is 5.90. The van der Waals surface area contributed by atoms with Gasteiger partial charge < -0.3 is 9.84 Å². The molecule has 2 aromatic rings. The van der Waals surface area contributed by atoms with Gasteiger partial charge in [0.1, 0.15) is 5.75 Å². The Bertz CT molecular complexity index is 875. The molecule has 9 heteroatoms. The maximum atomic E-state index is 13.8. The summed E-state index contributed by atoms with van der Waals surface area (Å²) < 4.78 is 70.3. The number of ether oxygens (including phenoxy) is 1. The molecule has 0 aliphatic rings. The van der Waals surface area contributed by atoms with Crippen molar-refractivity contribution in [1.29, 1.82) is 0 Å². The Kier molecular flexibility index (Phi) is 5.53. The number of rotatable bonds is 6. The summed E-state index contributed by atoms with van der Waals surface area (Å²) in [6, 6.07) is 6.06. The number of carboxylic acids is 1. The van der Waals surface area contributed by atoms with Gasteiger partial charge in [0.15, 0.2) is 6.29 Å². The lowest BCUT2D eigenvalue weighted by molar-refractivity contribution is -0.166. The first-order valence-electron chi connectivity index (χ1n) is 7.44. The lowest BCUT2D eigenvalue weighted by atomic mass is 9.94. The molecule has 0 amide bonds. The zero-order chi connectivity index (χ0) is 20.4. The summed E-state index contributed by atoms with van der Waals surface area (Å²) in [7, 11) is 1.23. The first-order valence-corrected chi connectivity index (χ1v) is 7.44. The molecule has 0 aliphatic carbocycles. The third-order valence-corrected chi connectivity index (χ3v) is 3.77. The number of methoxy groups -OCH3 is 1. The van der Waals surface area contributed by atoms with Crippen LogP contribution in [-0.4, -0.2) is 30.6 Å². The number of alkyl halides is 5. The van der Waals surface area contributed by atoms with Crippen LogP contribution in [0.2, 0.25) is 0 Å². The highest BCUT2D eigenvalue weighted by Crippen LogP contribution is 2.38. The number of carbonyl (C=O) groups excluding carboxylic acids is 1. The predicted molar refractivity (Wildman–Crippen MR) is 85.1 cm³/mol. The monoisotopic (exact) mass is 388 g/mol. The fraction of sp³-hybridized carbons (Fsp3) is 0.222. The average Bonchev–Trinajstić information content (AvgIpc) is 2.59. The molecular formula is C18H13F5O4. The molecule has 2 rings (SSSR count). The minimum absolute atomic E-state index is 0.0378. The van der Waals surface area contributed by atoms with Gasteiger partial charge in [0, 0.05) is 16.7 Å². The summed E-state index contributed by atoms with van der Waals surface area (Å²) >= 11 is 0. The predicted octanol–water partition coefficient (Wildman–Crippen LogP) is 4.46. The van der Waals surface area contributed by atoms with Crippen molar-refractivity contribution in [2.45, 2.75) is 18.5 Å². The van der Waals surface area contributed by atoms with Crippen LogP contribution >= 0.6 is 0 Å². The summed E-state index contributed by atoms with van der Waals surface area (Å²) in [6.07, 6.45) is -5.46. The molecule has 0 heterocycles. The van der Waals surface area contributed by atoms with Crippen molar-refractivity contribution >= 4 is 12.3 Å². The number of aldehydes is 1. The maximum absolute atomic E-state index is 13.8. The molecule has 0 atom stereocenters. The molecule has 0 fully saturated rings. The molecule has 2 aromatic carbocycles. The molecule has 144 valence electrons. The highest BCUT2D eigenvalue weighted by atomic mass is 19.4. The van der Waals surface area contributed by atoms with E-state index in [2.05, 4.69) is 0 Å². The van der Waals surface area contributed by atoms with Crippen molar-refractivity contribution in [3.05, 3.63) is 53.1 Å². The standard InChI is InChI=1S/C18H13F5O4/c1-27-15-5-3-12(18(22,23)16(25)26)7-14(15)13-4-2-10(6-11(13)9-24)8-17(19,20)21/h2-7,9H,8H2,1H3,(H,25,26). The summed E-state index contributed by atoms with van der Waals surface area (Å²) in [5, 5.41) is 8.68. The Hall–Kier alpha value is -2.97. The van der Waals surface area contributed by atoms with E-state index >= 15 is 0 Å². The Morgan fingerprint density at radius 3 is 2.26 bits per heavy atom. The summed E-state index contributed by atoms with van der Waals surface area (Å²) in [5.41, 5.74) is -1.22. The van der Waals surface area contributed by atoms with Crippen molar-refractivity contribution in [3.8, 4) is 16.9 Å². The second-order valence-corrected chi connectivity index (χ2v) is 5.63. The Morgan fingerprint density at radius 1 is 1.07 bits per heavy atom. The maximum Gasteiger partial charge on any atom is 0.393 e. The number of carboxylic acid groups (broad SMARTS) is 1. The zero-order valence-electron chi connectivity index (χ0n) is 13.8. The molecule has 4 nitrogen and oxygen atoms in total. The zero-order valence-corrected chi connectivity index (χ0v) is 13.8. The van der Waals surface area contributed by atoms with Crippen molar-refractivity contribution in [2.75, 3.05) is 7.11 Å². The molecule has 1 N–H and O–H groups in total. The van der Waals surface area contributed by atoms with E-state index in [1.807, 2.05) is 0 Å². The highest BCUT2D eigenvalue weighted by Gasteiger charge is 2.41. The van der Waals surface area contributed by atoms with Crippen LogP contribution in [0.1, 0.15) is 21.5 Å². The quantitative estimate of drug-likeness (QED) is 0.587. The summed E-state index contributed by atoms with van der Waals surface area (Å²) in [6.45, 7) is 0. The van der Waals surface area contributed by atoms with Gasteiger partial charge in [-0.05, 0) is 35.4 Å². The van der Waals surface area contributed by atoms with Gasteiger partial charge in [-0.3, -0.25) is 4.79 Å². The second kappa shape index (κ2) is 7.34. The van der Waals surface area contributed by atoms with Gasteiger partial charge in [-0.1, -0.05) is 12.1 Å². The van der Waals surface area contributed by atoms with Gasteiger partial charge in [0.25, 0.3) is 0 Å². The van der Waals surface area contributed by atoms with Crippen LogP contribution in [0.3, 0.4) is 0 Å². The average molecular weight is 388 g/mol. The number of benzene rings is 2. The molecule has 0 aromatic heterocycles. The number of hydrogen-bond acceptors (Lipinski definition) is 3. The topological polar surface area (TPSA) is 63.6 Å². The molecule has 0 unspecified atom stereocenters. The van der Waals surface area contributed by atoms with Crippen LogP contribution < -0.4 is 4.74 Å². The Morgan fingerprint density at radius 2 is 1.74 bits per heavy atom. The van der Waals surface area contributed by atoms with Gasteiger partial charge in [0.2, 0.25) is 0 Å². The molecule has 0 saturated heterocycles. The van der Waals surface area contributed by atoms with E-state index in [1.54, 1.807) is 0 Å². The van der Waals surface area contributed by atoms with Crippen molar-refractivity contribution in [2.24, 2.45) is 0 Å². The smallest absolute Gasteiger partial charge is 0.393 e. The Labute approximate surface area is 150 Å². The van der Waals surface area contributed by atoms with E-state index in [0.717, 1.165) is 30.3 Å². The summed E-state index contributed by atoms with van der Waals surface area (Å²) in [5.74, 6) is -6.51. The number of hydrogen-bond donors (Lipinski definition) is 1. The largest absolute Gasteiger partial charge is 0.496 e. The Balaban J connectivity index is 2.62. The first kappa shape index (κ1) is 20.3.